The largest absolute Gasteiger partial charge is 0.486 e. The molecular weight excluding hydrogens is 470 g/mol. The molecule has 176 valence electrons. The van der Waals surface area contributed by atoms with Gasteiger partial charge in [-0.05, 0) is 48.5 Å². The Morgan fingerprint density at radius 3 is 2.83 bits per heavy atom. The van der Waals surface area contributed by atoms with Crippen molar-refractivity contribution >= 4 is 28.5 Å². The first-order valence-corrected chi connectivity index (χ1v) is 11.1. The number of pyridine rings is 2. The summed E-state index contributed by atoms with van der Waals surface area (Å²) in [6, 6.07) is 12.1. The molecule has 0 saturated heterocycles. The smallest absolute Gasteiger partial charge is 0.253 e. The molecule has 0 saturated carbocycles. The molecule has 0 aliphatic heterocycles. The molecular formula is C23H20ClN9O2. The van der Waals surface area contributed by atoms with Crippen molar-refractivity contribution in [3.05, 3.63) is 87.3 Å². The number of aromatic nitrogens is 8. The number of halogens is 1. The Labute approximate surface area is 204 Å². The molecule has 2 N–H and O–H groups in total. The Kier molecular flexibility index (Phi) is 6.06. The lowest BCUT2D eigenvalue weighted by atomic mass is 10.1. The van der Waals surface area contributed by atoms with E-state index < -0.39 is 6.04 Å². The minimum atomic E-state index is -0.396. The molecule has 11 nitrogen and oxygen atoms in total. The fourth-order valence-electron chi connectivity index (χ4n) is 3.54. The maximum absolute atomic E-state index is 12.9. The first-order chi connectivity index (χ1) is 17.0. The van der Waals surface area contributed by atoms with Crippen LogP contribution in [-0.4, -0.2) is 40.1 Å². The predicted octanol–water partition coefficient (Wildman–Crippen LogP) is 3.40. The normalized spacial score (nSPS) is 12.0. The maximum atomic E-state index is 12.9. The first-order valence-electron chi connectivity index (χ1n) is 10.7. The lowest BCUT2D eigenvalue weighted by Crippen LogP contribution is -2.20. The first kappa shape index (κ1) is 22.4. The summed E-state index contributed by atoms with van der Waals surface area (Å²) in [6.07, 6.45) is 3.29. The summed E-state index contributed by atoms with van der Waals surface area (Å²) >= 11 is 6.46. The van der Waals surface area contributed by atoms with E-state index in [1.54, 1.807) is 43.6 Å². The second-order valence-corrected chi connectivity index (χ2v) is 8.18. The predicted molar refractivity (Wildman–Crippen MR) is 130 cm³/mol. The van der Waals surface area contributed by atoms with Gasteiger partial charge in [0.1, 0.15) is 12.4 Å². The van der Waals surface area contributed by atoms with Crippen LogP contribution in [0.1, 0.15) is 30.0 Å². The number of nitrogens with one attached hydrogen (secondary N) is 2. The SMILES string of the molecule is Cc1nnnn1-c1ccnc(N[C@@H](C)c2cc3cc(Cl)c(OCc4ccccn4)cc3[nH]c2=O)n1. The molecule has 4 heterocycles. The van der Waals surface area contributed by atoms with Crippen molar-refractivity contribution in [1.29, 1.82) is 0 Å². The summed E-state index contributed by atoms with van der Waals surface area (Å²) < 4.78 is 7.31. The van der Waals surface area contributed by atoms with Crippen LogP contribution in [0.5, 0.6) is 5.75 Å². The monoisotopic (exact) mass is 489 g/mol. The molecule has 1 aromatic carbocycles. The van der Waals surface area contributed by atoms with Crippen LogP contribution < -0.4 is 15.6 Å². The van der Waals surface area contributed by atoms with E-state index in [1.165, 1.54) is 4.68 Å². The maximum Gasteiger partial charge on any atom is 0.253 e. The van der Waals surface area contributed by atoms with Gasteiger partial charge in [0.05, 0.1) is 22.3 Å². The molecule has 0 spiro atoms. The molecule has 0 unspecified atom stereocenters. The van der Waals surface area contributed by atoms with Gasteiger partial charge in [-0.25, -0.2) is 4.98 Å². The molecule has 1 atom stereocenters. The number of H-pyrrole nitrogens is 1. The highest BCUT2D eigenvalue weighted by molar-refractivity contribution is 6.32. The number of hydrogen-bond acceptors (Lipinski definition) is 9. The standard InChI is InChI=1S/C23H20ClN9O2/c1-13(27-23-26-8-6-21(29-23)33-14(2)30-31-32-33)17-9-15-10-18(24)20(11-19(15)28-22(17)34)35-12-16-5-3-4-7-25-16/h3-11,13H,12H2,1-2H3,(H,28,34)(H,26,27,29)/t13-/m0/s1. The van der Waals surface area contributed by atoms with E-state index in [1.807, 2.05) is 25.1 Å². The van der Waals surface area contributed by atoms with Gasteiger partial charge < -0.3 is 15.0 Å². The summed E-state index contributed by atoms with van der Waals surface area (Å²) in [5.41, 5.74) is 1.64. The van der Waals surface area contributed by atoms with Crippen LogP contribution in [0, 0.1) is 6.92 Å². The lowest BCUT2D eigenvalue weighted by molar-refractivity contribution is 0.302. The Morgan fingerprint density at radius 2 is 2.06 bits per heavy atom. The summed E-state index contributed by atoms with van der Waals surface area (Å²) in [6.45, 7) is 3.88. The van der Waals surface area contributed by atoms with E-state index in [-0.39, 0.29) is 12.2 Å². The van der Waals surface area contributed by atoms with E-state index in [0.29, 0.717) is 39.4 Å². The molecule has 0 bridgehead atoms. The zero-order valence-electron chi connectivity index (χ0n) is 18.8. The van der Waals surface area contributed by atoms with Crippen molar-refractivity contribution < 1.29 is 4.74 Å². The van der Waals surface area contributed by atoms with E-state index >= 15 is 0 Å². The van der Waals surface area contributed by atoms with Crippen molar-refractivity contribution in [3.63, 3.8) is 0 Å². The average molecular weight is 490 g/mol. The average Bonchev–Trinajstić information content (AvgIpc) is 3.29. The van der Waals surface area contributed by atoms with Gasteiger partial charge in [-0.2, -0.15) is 9.67 Å². The molecule has 0 fully saturated rings. The number of nitrogens with zero attached hydrogens (tertiary/aromatic N) is 7. The third-order valence-corrected chi connectivity index (χ3v) is 5.62. The Morgan fingerprint density at radius 1 is 1.17 bits per heavy atom. The van der Waals surface area contributed by atoms with Crippen molar-refractivity contribution in [2.24, 2.45) is 0 Å². The van der Waals surface area contributed by atoms with Gasteiger partial charge in [-0.1, -0.05) is 17.7 Å². The van der Waals surface area contributed by atoms with Crippen molar-refractivity contribution in [2.45, 2.75) is 26.5 Å². The van der Waals surface area contributed by atoms with Crippen LogP contribution >= 0.6 is 11.6 Å². The molecule has 0 amide bonds. The minimum absolute atomic E-state index is 0.247. The second kappa shape index (κ2) is 9.47. The van der Waals surface area contributed by atoms with E-state index in [0.717, 1.165) is 11.1 Å². The Balaban J connectivity index is 1.38. The number of aryl methyl sites for hydroxylation is 1. The molecule has 4 aromatic heterocycles. The summed E-state index contributed by atoms with van der Waals surface area (Å²) in [5, 5.41) is 15.8. The van der Waals surface area contributed by atoms with Crippen LogP contribution in [0.15, 0.2) is 59.7 Å². The number of tetrazole rings is 1. The summed E-state index contributed by atoms with van der Waals surface area (Å²) in [4.78, 5) is 28.7. The molecule has 0 radical (unpaired) electrons. The van der Waals surface area contributed by atoms with Crippen LogP contribution in [-0.2, 0) is 6.61 Å². The molecule has 0 aliphatic rings. The molecule has 5 aromatic rings. The number of ether oxygens (including phenoxy) is 1. The van der Waals surface area contributed by atoms with E-state index in [2.05, 4.69) is 40.8 Å². The number of hydrogen-bond donors (Lipinski definition) is 2. The van der Waals surface area contributed by atoms with Crippen molar-refractivity contribution in [3.8, 4) is 11.6 Å². The topological polar surface area (TPSA) is 136 Å². The van der Waals surface area contributed by atoms with E-state index in [9.17, 15) is 4.79 Å². The van der Waals surface area contributed by atoms with Crippen LogP contribution in [0.3, 0.4) is 0 Å². The number of aromatic amines is 1. The van der Waals surface area contributed by atoms with Crippen LogP contribution in [0.25, 0.3) is 16.7 Å². The highest BCUT2D eigenvalue weighted by atomic mass is 35.5. The van der Waals surface area contributed by atoms with Gasteiger partial charge >= 0.3 is 0 Å². The summed E-state index contributed by atoms with van der Waals surface area (Å²) in [5.74, 6) is 1.90. The fraction of sp³-hybridized carbons (Fsp3) is 0.174. The number of rotatable bonds is 7. The quantitative estimate of drug-likeness (QED) is 0.352. The minimum Gasteiger partial charge on any atom is -0.486 e. The third kappa shape index (κ3) is 4.80. The van der Waals surface area contributed by atoms with Crippen molar-refractivity contribution in [2.75, 3.05) is 5.32 Å². The Bertz CT molecular complexity index is 1550. The third-order valence-electron chi connectivity index (χ3n) is 5.32. The van der Waals surface area contributed by atoms with Gasteiger partial charge in [0.25, 0.3) is 5.56 Å². The number of benzene rings is 1. The van der Waals surface area contributed by atoms with Gasteiger partial charge in [-0.3, -0.25) is 9.78 Å². The Hall–Kier alpha value is -4.38. The highest BCUT2D eigenvalue weighted by Gasteiger charge is 2.15. The van der Waals surface area contributed by atoms with E-state index in [4.69, 9.17) is 16.3 Å². The van der Waals surface area contributed by atoms with Crippen LogP contribution in [0.4, 0.5) is 5.95 Å². The van der Waals surface area contributed by atoms with Gasteiger partial charge in [-0.15, -0.1) is 5.10 Å². The van der Waals surface area contributed by atoms with Crippen LogP contribution in [0.2, 0.25) is 5.02 Å². The molecule has 0 aliphatic carbocycles. The molecule has 35 heavy (non-hydrogen) atoms. The fourth-order valence-corrected chi connectivity index (χ4v) is 3.77. The van der Waals surface area contributed by atoms with Gasteiger partial charge in [0.15, 0.2) is 11.6 Å². The van der Waals surface area contributed by atoms with Gasteiger partial charge in [0.2, 0.25) is 5.95 Å². The lowest BCUT2D eigenvalue weighted by Gasteiger charge is -2.15. The molecule has 5 rings (SSSR count). The number of anilines is 1. The zero-order chi connectivity index (χ0) is 24.4. The summed E-state index contributed by atoms with van der Waals surface area (Å²) in [7, 11) is 0. The van der Waals surface area contributed by atoms with Gasteiger partial charge in [0, 0.05) is 35.5 Å². The van der Waals surface area contributed by atoms with Crippen molar-refractivity contribution in [1.82, 2.24) is 40.1 Å². The second-order valence-electron chi connectivity index (χ2n) is 7.78. The molecule has 12 heteroatoms. The number of fused-ring (bicyclic) bond motifs is 1. The zero-order valence-corrected chi connectivity index (χ0v) is 19.6. The highest BCUT2D eigenvalue weighted by Crippen LogP contribution is 2.30.